The van der Waals surface area contributed by atoms with Gasteiger partial charge in [0.05, 0.1) is 15.6 Å². The maximum absolute atomic E-state index is 12.4. The normalized spacial score (nSPS) is 14.5. The predicted octanol–water partition coefficient (Wildman–Crippen LogP) is 2.06. The summed E-state index contributed by atoms with van der Waals surface area (Å²) in [4.78, 5) is 36.4. The molecule has 1 heterocycles. The van der Waals surface area contributed by atoms with Gasteiger partial charge in [0, 0.05) is 24.7 Å². The van der Waals surface area contributed by atoms with E-state index >= 15 is 0 Å². The SMILES string of the molecule is CNCCC1CCN(C(=O)CSc2ccc(C(N)=O)cc2[N+](=O)[O-])CC1.Cl. The molecular weight excluding hydrogens is 392 g/mol. The number of nitrogens with one attached hydrogen (secondary N) is 1. The van der Waals surface area contributed by atoms with Crippen molar-refractivity contribution < 1.29 is 14.5 Å². The van der Waals surface area contributed by atoms with E-state index in [9.17, 15) is 19.7 Å². The Bertz CT molecular complexity index is 681. The number of benzene rings is 1. The number of hydrogen-bond acceptors (Lipinski definition) is 6. The van der Waals surface area contributed by atoms with Crippen molar-refractivity contribution in [3.05, 3.63) is 33.9 Å². The van der Waals surface area contributed by atoms with E-state index in [2.05, 4.69) is 5.32 Å². The minimum absolute atomic E-state index is 0. The van der Waals surface area contributed by atoms with E-state index in [1.807, 2.05) is 11.9 Å². The molecule has 3 N–H and O–H groups in total. The quantitative estimate of drug-likeness (QED) is 0.380. The van der Waals surface area contributed by atoms with Crippen LogP contribution in [0.2, 0.25) is 0 Å². The lowest BCUT2D eigenvalue weighted by Gasteiger charge is -2.32. The standard InChI is InChI=1S/C17H24N4O4S.ClH/c1-19-7-4-12-5-8-20(9-6-12)16(22)11-26-15-3-2-13(17(18)23)10-14(15)21(24)25;/h2-3,10,12,19H,4-9,11H2,1H3,(H2,18,23);1H. The summed E-state index contributed by atoms with van der Waals surface area (Å²) in [6.07, 6.45) is 3.10. The number of rotatable bonds is 8. The molecule has 0 aromatic heterocycles. The highest BCUT2D eigenvalue weighted by molar-refractivity contribution is 8.00. The van der Waals surface area contributed by atoms with Gasteiger partial charge in [0.15, 0.2) is 0 Å². The lowest BCUT2D eigenvalue weighted by Crippen LogP contribution is -2.39. The van der Waals surface area contributed by atoms with Gasteiger partial charge >= 0.3 is 0 Å². The van der Waals surface area contributed by atoms with Crippen molar-refractivity contribution in [2.24, 2.45) is 11.7 Å². The molecular formula is C17H25ClN4O4S. The molecule has 0 spiro atoms. The van der Waals surface area contributed by atoms with Gasteiger partial charge in [-0.1, -0.05) is 0 Å². The van der Waals surface area contributed by atoms with E-state index in [1.165, 1.54) is 12.1 Å². The number of primary amides is 1. The topological polar surface area (TPSA) is 119 Å². The number of nitrogens with two attached hydrogens (primary N) is 1. The highest BCUT2D eigenvalue weighted by atomic mass is 35.5. The number of carbonyl (C=O) groups is 2. The molecule has 0 saturated carbocycles. The zero-order valence-electron chi connectivity index (χ0n) is 15.2. The molecule has 0 aliphatic carbocycles. The summed E-state index contributed by atoms with van der Waals surface area (Å²) >= 11 is 1.12. The third-order valence-corrected chi connectivity index (χ3v) is 5.61. The van der Waals surface area contributed by atoms with Crippen LogP contribution in [0.3, 0.4) is 0 Å². The molecule has 0 atom stereocenters. The maximum atomic E-state index is 12.4. The number of piperidine rings is 1. The third kappa shape index (κ3) is 6.67. The number of thioether (sulfide) groups is 1. The number of amides is 2. The Labute approximate surface area is 168 Å². The van der Waals surface area contributed by atoms with Crippen LogP contribution in [0, 0.1) is 16.0 Å². The number of likely N-dealkylation sites (tertiary alicyclic amines) is 1. The highest BCUT2D eigenvalue weighted by Crippen LogP contribution is 2.30. The zero-order valence-corrected chi connectivity index (χ0v) is 16.8. The van der Waals surface area contributed by atoms with Crippen LogP contribution in [0.1, 0.15) is 29.6 Å². The predicted molar refractivity (Wildman–Crippen MR) is 107 cm³/mol. The van der Waals surface area contributed by atoms with Crippen LogP contribution in [0.5, 0.6) is 0 Å². The van der Waals surface area contributed by atoms with Crippen molar-refractivity contribution in [3.8, 4) is 0 Å². The van der Waals surface area contributed by atoms with Crippen LogP contribution in [0.15, 0.2) is 23.1 Å². The summed E-state index contributed by atoms with van der Waals surface area (Å²) < 4.78 is 0. The fourth-order valence-electron chi connectivity index (χ4n) is 2.99. The summed E-state index contributed by atoms with van der Waals surface area (Å²) in [6, 6.07) is 4.07. The molecule has 8 nitrogen and oxygen atoms in total. The highest BCUT2D eigenvalue weighted by Gasteiger charge is 2.24. The summed E-state index contributed by atoms with van der Waals surface area (Å²) in [5.41, 5.74) is 5.04. The van der Waals surface area contributed by atoms with Gasteiger partial charge in [-0.25, -0.2) is 0 Å². The van der Waals surface area contributed by atoms with Gasteiger partial charge in [-0.3, -0.25) is 19.7 Å². The van der Waals surface area contributed by atoms with E-state index in [0.29, 0.717) is 10.8 Å². The van der Waals surface area contributed by atoms with Gasteiger partial charge in [-0.05, 0) is 50.9 Å². The first-order valence-corrected chi connectivity index (χ1v) is 9.54. The Morgan fingerprint density at radius 2 is 2.04 bits per heavy atom. The van der Waals surface area contributed by atoms with Crippen LogP contribution >= 0.6 is 24.2 Å². The monoisotopic (exact) mass is 416 g/mol. The largest absolute Gasteiger partial charge is 0.366 e. The molecule has 1 aromatic rings. The van der Waals surface area contributed by atoms with Crippen LogP contribution in [0.25, 0.3) is 0 Å². The first-order chi connectivity index (χ1) is 12.4. The molecule has 27 heavy (non-hydrogen) atoms. The molecule has 1 aromatic carbocycles. The van der Waals surface area contributed by atoms with Crippen LogP contribution in [-0.2, 0) is 4.79 Å². The second kappa shape index (κ2) is 11.1. The van der Waals surface area contributed by atoms with Crippen molar-refractivity contribution in [1.29, 1.82) is 0 Å². The molecule has 1 aliphatic heterocycles. The number of carbonyl (C=O) groups excluding carboxylic acids is 2. The van der Waals surface area contributed by atoms with E-state index < -0.39 is 10.8 Å². The van der Waals surface area contributed by atoms with Crippen molar-refractivity contribution in [2.45, 2.75) is 24.2 Å². The second-order valence-corrected chi connectivity index (χ2v) is 7.33. The molecule has 0 radical (unpaired) electrons. The van der Waals surface area contributed by atoms with Gasteiger partial charge < -0.3 is 16.0 Å². The lowest BCUT2D eigenvalue weighted by atomic mass is 9.93. The molecule has 1 fully saturated rings. The number of halogens is 1. The molecule has 10 heteroatoms. The number of hydrogen-bond donors (Lipinski definition) is 2. The Hall–Kier alpha value is -1.84. The Morgan fingerprint density at radius 1 is 1.37 bits per heavy atom. The fraction of sp³-hybridized carbons (Fsp3) is 0.529. The number of nitro groups is 1. The van der Waals surface area contributed by atoms with E-state index in [4.69, 9.17) is 5.73 Å². The molecule has 0 bridgehead atoms. The molecule has 150 valence electrons. The fourth-order valence-corrected chi connectivity index (χ4v) is 3.89. The molecule has 0 unspecified atom stereocenters. The third-order valence-electron chi connectivity index (χ3n) is 4.56. The van der Waals surface area contributed by atoms with Gasteiger partial charge in [-0.15, -0.1) is 24.2 Å². The van der Waals surface area contributed by atoms with Crippen LogP contribution in [-0.4, -0.2) is 54.1 Å². The van der Waals surface area contributed by atoms with Crippen molar-refractivity contribution >= 4 is 41.7 Å². The summed E-state index contributed by atoms with van der Waals surface area (Å²) in [7, 11) is 1.94. The first kappa shape index (κ1) is 23.2. The number of nitrogens with zero attached hydrogens (tertiary/aromatic N) is 2. The van der Waals surface area contributed by atoms with Crippen molar-refractivity contribution in [1.82, 2.24) is 10.2 Å². The minimum atomic E-state index is -0.720. The lowest BCUT2D eigenvalue weighted by molar-refractivity contribution is -0.387. The number of nitro benzene ring substituents is 1. The average Bonchev–Trinajstić information content (AvgIpc) is 2.64. The van der Waals surface area contributed by atoms with Crippen LogP contribution < -0.4 is 11.1 Å². The average molecular weight is 417 g/mol. The van der Waals surface area contributed by atoms with Crippen LogP contribution in [0.4, 0.5) is 5.69 Å². The Morgan fingerprint density at radius 3 is 2.59 bits per heavy atom. The van der Waals surface area contributed by atoms with E-state index in [0.717, 1.165) is 56.7 Å². The van der Waals surface area contributed by atoms with E-state index in [-0.39, 0.29) is 35.3 Å². The minimum Gasteiger partial charge on any atom is -0.366 e. The second-order valence-electron chi connectivity index (χ2n) is 6.31. The Kier molecular flexibility index (Phi) is 9.54. The Balaban J connectivity index is 0.00000364. The van der Waals surface area contributed by atoms with E-state index in [1.54, 1.807) is 0 Å². The van der Waals surface area contributed by atoms with Gasteiger partial charge in [-0.2, -0.15) is 0 Å². The zero-order chi connectivity index (χ0) is 19.1. The molecule has 1 aliphatic rings. The maximum Gasteiger partial charge on any atom is 0.283 e. The van der Waals surface area contributed by atoms with Crippen molar-refractivity contribution in [2.75, 3.05) is 32.4 Å². The van der Waals surface area contributed by atoms with Gasteiger partial charge in [0.1, 0.15) is 0 Å². The smallest absolute Gasteiger partial charge is 0.283 e. The molecule has 2 rings (SSSR count). The first-order valence-electron chi connectivity index (χ1n) is 8.55. The van der Waals surface area contributed by atoms with Crippen molar-refractivity contribution in [3.63, 3.8) is 0 Å². The van der Waals surface area contributed by atoms with Gasteiger partial charge in [0.2, 0.25) is 11.8 Å². The summed E-state index contributed by atoms with van der Waals surface area (Å²) in [5, 5.41) is 14.3. The summed E-state index contributed by atoms with van der Waals surface area (Å²) in [6.45, 7) is 2.45. The van der Waals surface area contributed by atoms with Gasteiger partial charge in [0.25, 0.3) is 5.69 Å². The molecule has 1 saturated heterocycles. The summed E-state index contributed by atoms with van der Waals surface area (Å²) in [5.74, 6) is 0.0385. The molecule has 2 amide bonds.